The van der Waals surface area contributed by atoms with E-state index in [2.05, 4.69) is 10.4 Å². The number of amides is 2. The number of halogens is 2. The van der Waals surface area contributed by atoms with Crippen molar-refractivity contribution >= 4 is 12.0 Å². The number of hydrogen-bond acceptors (Lipinski definition) is 6. The molecule has 3 aromatic rings. The highest BCUT2D eigenvalue weighted by molar-refractivity contribution is 5.82. The molecular weight excluding hydrogens is 508 g/mol. The summed E-state index contributed by atoms with van der Waals surface area (Å²) in [4.78, 5) is 26.7. The Labute approximate surface area is 224 Å². The van der Waals surface area contributed by atoms with Crippen LogP contribution in [0.5, 0.6) is 5.75 Å². The Balaban J connectivity index is 1.55. The number of hydrogen-bond donors (Lipinski definition) is 1. The van der Waals surface area contributed by atoms with E-state index >= 15 is 0 Å². The van der Waals surface area contributed by atoms with Crippen molar-refractivity contribution in [3.63, 3.8) is 0 Å². The van der Waals surface area contributed by atoms with E-state index in [1.54, 1.807) is 50.1 Å². The number of ether oxygens (including phenoxy) is 2. The van der Waals surface area contributed by atoms with Crippen LogP contribution in [0.1, 0.15) is 32.8 Å². The number of aromatic nitrogens is 2. The number of nitriles is 1. The first kappa shape index (κ1) is 27.6. The number of carbonyl (C=O) groups is 2. The number of carbonyl (C=O) groups excluding carboxylic acids is 2. The van der Waals surface area contributed by atoms with Gasteiger partial charge in [0.05, 0.1) is 12.7 Å². The van der Waals surface area contributed by atoms with Crippen molar-refractivity contribution in [2.24, 2.45) is 0 Å². The first-order valence-electron chi connectivity index (χ1n) is 12.4. The van der Waals surface area contributed by atoms with Gasteiger partial charge in [-0.15, -0.1) is 0 Å². The Kier molecular flexibility index (Phi) is 7.85. The van der Waals surface area contributed by atoms with Gasteiger partial charge in [0.25, 0.3) is 0 Å². The van der Waals surface area contributed by atoms with E-state index in [1.807, 2.05) is 0 Å². The van der Waals surface area contributed by atoms with Gasteiger partial charge >= 0.3 is 6.09 Å². The predicted molar refractivity (Wildman–Crippen MR) is 139 cm³/mol. The van der Waals surface area contributed by atoms with Gasteiger partial charge in [-0.3, -0.25) is 9.48 Å². The molecule has 9 nitrogen and oxygen atoms in total. The lowest BCUT2D eigenvalue weighted by molar-refractivity contribution is -0.122. The molecule has 2 aromatic carbocycles. The molecule has 1 saturated heterocycles. The SMILES string of the molecule is COc1ccc(-c2cn(CC(=O)NC3CCN(C(=O)OC(C)(C)C)C3)nc2-c2ccc(C#N)c(F)c2)cc1F. The van der Waals surface area contributed by atoms with Crippen LogP contribution in [0.4, 0.5) is 13.6 Å². The molecule has 1 unspecified atom stereocenters. The second-order valence-electron chi connectivity index (χ2n) is 10.2. The molecule has 1 atom stereocenters. The first-order chi connectivity index (χ1) is 18.5. The standard InChI is InChI=1S/C28H29F2N5O4/c1-28(2,3)39-27(37)34-10-9-20(14-34)32-25(36)16-35-15-21(17-7-8-24(38-4)23(30)11-17)26(33-35)18-5-6-19(13-31)22(29)12-18/h5-8,11-12,15,20H,9-10,14,16H2,1-4H3,(H,32,36). The zero-order chi connectivity index (χ0) is 28.3. The van der Waals surface area contributed by atoms with Crippen LogP contribution in [0, 0.1) is 23.0 Å². The molecule has 11 heteroatoms. The molecule has 0 bridgehead atoms. The van der Waals surface area contributed by atoms with Gasteiger partial charge in [-0.05, 0) is 57.0 Å². The van der Waals surface area contributed by atoms with Gasteiger partial charge in [0.1, 0.15) is 29.7 Å². The van der Waals surface area contributed by atoms with Gasteiger partial charge in [-0.25, -0.2) is 13.6 Å². The van der Waals surface area contributed by atoms with Crippen molar-refractivity contribution in [2.75, 3.05) is 20.2 Å². The lowest BCUT2D eigenvalue weighted by atomic mass is 10.0. The largest absolute Gasteiger partial charge is 0.494 e. The van der Waals surface area contributed by atoms with E-state index in [9.17, 15) is 18.4 Å². The summed E-state index contributed by atoms with van der Waals surface area (Å²) in [5.41, 5.74) is 0.854. The summed E-state index contributed by atoms with van der Waals surface area (Å²) in [6.07, 6.45) is 1.73. The van der Waals surface area contributed by atoms with Gasteiger partial charge in [0.2, 0.25) is 5.91 Å². The summed E-state index contributed by atoms with van der Waals surface area (Å²) < 4.78 is 40.7. The van der Waals surface area contributed by atoms with Crippen molar-refractivity contribution in [1.82, 2.24) is 20.0 Å². The van der Waals surface area contributed by atoms with E-state index in [4.69, 9.17) is 14.7 Å². The third kappa shape index (κ3) is 6.52. The minimum absolute atomic E-state index is 0.0634. The summed E-state index contributed by atoms with van der Waals surface area (Å²) in [5, 5.41) is 16.5. The topological polar surface area (TPSA) is 109 Å². The highest BCUT2D eigenvalue weighted by Gasteiger charge is 2.30. The maximum Gasteiger partial charge on any atom is 0.410 e. The van der Waals surface area contributed by atoms with Crippen molar-refractivity contribution < 1.29 is 27.8 Å². The van der Waals surface area contributed by atoms with Crippen LogP contribution in [0.25, 0.3) is 22.4 Å². The van der Waals surface area contributed by atoms with Gasteiger partial charge in [-0.2, -0.15) is 10.4 Å². The molecule has 1 aromatic heterocycles. The molecule has 0 radical (unpaired) electrons. The summed E-state index contributed by atoms with van der Waals surface area (Å²) in [7, 11) is 1.36. The van der Waals surface area contributed by atoms with Crippen LogP contribution in [0.3, 0.4) is 0 Å². The minimum atomic E-state index is -0.718. The molecule has 2 heterocycles. The second kappa shape index (κ2) is 11.1. The van der Waals surface area contributed by atoms with E-state index in [0.717, 1.165) is 0 Å². The summed E-state index contributed by atoms with van der Waals surface area (Å²) in [6, 6.07) is 9.96. The molecule has 1 fully saturated rings. The van der Waals surface area contributed by atoms with Gasteiger partial charge in [0.15, 0.2) is 11.6 Å². The second-order valence-corrected chi connectivity index (χ2v) is 10.2. The van der Waals surface area contributed by atoms with Gasteiger partial charge < -0.3 is 19.7 Å². The normalized spacial score (nSPS) is 15.1. The fourth-order valence-corrected chi connectivity index (χ4v) is 4.30. The van der Waals surface area contributed by atoms with E-state index in [-0.39, 0.29) is 29.8 Å². The van der Waals surface area contributed by atoms with Crippen LogP contribution < -0.4 is 10.1 Å². The lowest BCUT2D eigenvalue weighted by Gasteiger charge is -2.24. The Morgan fingerprint density at radius 1 is 1.15 bits per heavy atom. The van der Waals surface area contributed by atoms with Crippen LogP contribution in [0.2, 0.25) is 0 Å². The zero-order valence-electron chi connectivity index (χ0n) is 22.1. The third-order valence-electron chi connectivity index (χ3n) is 6.10. The van der Waals surface area contributed by atoms with Crippen LogP contribution in [-0.4, -0.2) is 58.5 Å². The fourth-order valence-electron chi connectivity index (χ4n) is 4.30. The quantitative estimate of drug-likeness (QED) is 0.496. The molecule has 0 saturated carbocycles. The Morgan fingerprint density at radius 3 is 2.51 bits per heavy atom. The monoisotopic (exact) mass is 537 g/mol. The van der Waals surface area contributed by atoms with Crippen molar-refractivity contribution in [2.45, 2.75) is 45.4 Å². The van der Waals surface area contributed by atoms with E-state index in [0.29, 0.717) is 41.9 Å². The molecule has 0 spiro atoms. The van der Waals surface area contributed by atoms with E-state index in [1.165, 1.54) is 36.1 Å². The zero-order valence-corrected chi connectivity index (χ0v) is 22.1. The highest BCUT2D eigenvalue weighted by atomic mass is 19.1. The summed E-state index contributed by atoms with van der Waals surface area (Å²) in [5.74, 6) is -1.58. The lowest BCUT2D eigenvalue weighted by Crippen LogP contribution is -2.41. The van der Waals surface area contributed by atoms with Crippen molar-refractivity contribution in [3.05, 3.63) is 59.8 Å². The van der Waals surface area contributed by atoms with Crippen LogP contribution in [-0.2, 0) is 16.1 Å². The van der Waals surface area contributed by atoms with Crippen molar-refractivity contribution in [1.29, 1.82) is 5.26 Å². The predicted octanol–water partition coefficient (Wildman–Crippen LogP) is 4.50. The molecule has 39 heavy (non-hydrogen) atoms. The van der Waals surface area contributed by atoms with Crippen molar-refractivity contribution in [3.8, 4) is 34.2 Å². The van der Waals surface area contributed by atoms with Gasteiger partial charge in [0, 0.05) is 36.5 Å². The molecule has 2 amide bonds. The Hall–Kier alpha value is -4.46. The number of methoxy groups -OCH3 is 1. The molecule has 1 N–H and O–H groups in total. The average Bonchev–Trinajstić information content (AvgIpc) is 3.50. The minimum Gasteiger partial charge on any atom is -0.494 e. The molecule has 0 aliphatic carbocycles. The molecule has 204 valence electrons. The fraction of sp³-hybridized carbons (Fsp3) is 0.357. The summed E-state index contributed by atoms with van der Waals surface area (Å²) in [6.45, 7) is 6.00. The Bertz CT molecular complexity index is 1440. The Morgan fingerprint density at radius 2 is 1.87 bits per heavy atom. The molecular formula is C28H29F2N5O4. The maximum absolute atomic E-state index is 14.5. The number of benzene rings is 2. The van der Waals surface area contributed by atoms with E-state index < -0.39 is 23.3 Å². The third-order valence-corrected chi connectivity index (χ3v) is 6.10. The number of nitrogens with one attached hydrogen (secondary N) is 1. The molecule has 1 aliphatic rings. The average molecular weight is 538 g/mol. The van der Waals surface area contributed by atoms with Crippen LogP contribution in [0.15, 0.2) is 42.6 Å². The van der Waals surface area contributed by atoms with Gasteiger partial charge in [-0.1, -0.05) is 12.1 Å². The number of likely N-dealkylation sites (tertiary alicyclic amines) is 1. The summed E-state index contributed by atoms with van der Waals surface area (Å²) >= 11 is 0. The maximum atomic E-state index is 14.5. The molecule has 4 rings (SSSR count). The number of rotatable bonds is 6. The number of nitrogens with zero attached hydrogens (tertiary/aromatic N) is 4. The first-order valence-corrected chi connectivity index (χ1v) is 12.4. The van der Waals surface area contributed by atoms with Crippen LogP contribution >= 0.6 is 0 Å². The smallest absolute Gasteiger partial charge is 0.410 e. The molecule has 1 aliphatic heterocycles. The highest BCUT2D eigenvalue weighted by Crippen LogP contribution is 2.34.